The maximum atomic E-state index is 12.6. The van der Waals surface area contributed by atoms with Gasteiger partial charge in [0.15, 0.2) is 0 Å². The summed E-state index contributed by atoms with van der Waals surface area (Å²) in [5.41, 5.74) is 0.478. The molecule has 0 N–H and O–H groups in total. The molecule has 0 aliphatic rings. The number of carbonyl (C=O) groups is 3. The lowest BCUT2D eigenvalue weighted by Crippen LogP contribution is -2.39. The molecule has 216 valence electrons. The third-order valence-electron chi connectivity index (χ3n) is 6.29. The van der Waals surface area contributed by atoms with Crippen LogP contribution in [0.15, 0.2) is 85.0 Å². The topological polar surface area (TPSA) is 107 Å². The third kappa shape index (κ3) is 8.53. The highest BCUT2D eigenvalue weighted by atomic mass is 17.3. The van der Waals surface area contributed by atoms with Gasteiger partial charge in [-0.25, -0.2) is 14.4 Å². The zero-order valence-corrected chi connectivity index (χ0v) is 24.4. The summed E-state index contributed by atoms with van der Waals surface area (Å²) in [7, 11) is 0. The summed E-state index contributed by atoms with van der Waals surface area (Å²) in [4.78, 5) is 57.5. The summed E-state index contributed by atoms with van der Waals surface area (Å²) in [5.74, 6) is -5.17. The Kier molecular flexibility index (Phi) is 10.1. The molecule has 0 aliphatic carbocycles. The Hall–Kier alpha value is -3.95. The van der Waals surface area contributed by atoms with Crippen LogP contribution in [0, 0.1) is 0 Å². The lowest BCUT2D eigenvalue weighted by Gasteiger charge is -2.29. The van der Waals surface area contributed by atoms with Crippen LogP contribution in [0.4, 0.5) is 4.79 Å². The highest BCUT2D eigenvalue weighted by molar-refractivity contribution is 5.90. The number of rotatable bonds is 12. The predicted molar refractivity (Wildman–Crippen MR) is 147 cm³/mol. The lowest BCUT2D eigenvalue weighted by molar-refractivity contribution is -0.398. The maximum absolute atomic E-state index is 12.6. The predicted octanol–water partition coefficient (Wildman–Crippen LogP) is 6.63. The first kappa shape index (κ1) is 32.3. The largest absolute Gasteiger partial charge is 0.513 e. The van der Waals surface area contributed by atoms with E-state index in [-0.39, 0.29) is 11.1 Å². The van der Waals surface area contributed by atoms with Gasteiger partial charge in [0.2, 0.25) is 0 Å². The summed E-state index contributed by atoms with van der Waals surface area (Å²) in [6, 6.07) is 18.6. The number of benzene rings is 2. The van der Waals surface area contributed by atoms with Gasteiger partial charge in [0.25, 0.3) is 11.6 Å². The van der Waals surface area contributed by atoms with Gasteiger partial charge in [-0.1, -0.05) is 102 Å². The first-order valence-electron chi connectivity index (χ1n) is 12.6. The molecule has 9 nitrogen and oxygen atoms in total. The van der Waals surface area contributed by atoms with Gasteiger partial charge < -0.3 is 9.47 Å². The van der Waals surface area contributed by atoms with Gasteiger partial charge in [0.05, 0.1) is 0 Å². The molecule has 0 unspecified atom stereocenters. The number of ether oxygens (including phenoxy) is 2. The maximum Gasteiger partial charge on any atom is 0.513 e. The van der Waals surface area contributed by atoms with Crippen LogP contribution >= 0.6 is 0 Å². The Bertz CT molecular complexity index is 1130. The lowest BCUT2D eigenvalue weighted by atomic mass is 9.78. The van der Waals surface area contributed by atoms with Crippen LogP contribution in [0.1, 0.15) is 66.5 Å². The van der Waals surface area contributed by atoms with E-state index in [1.54, 1.807) is 0 Å². The summed E-state index contributed by atoms with van der Waals surface area (Å²) in [6.07, 6.45) is -1.24. The van der Waals surface area contributed by atoms with Crippen molar-refractivity contribution >= 4 is 18.1 Å². The monoisotopic (exact) mass is 554 g/mol. The van der Waals surface area contributed by atoms with Gasteiger partial charge in [-0.05, 0) is 11.1 Å². The minimum Gasteiger partial charge on any atom is -0.398 e. The number of hydrogen-bond acceptors (Lipinski definition) is 9. The van der Waals surface area contributed by atoms with Crippen LogP contribution in [0.5, 0.6) is 0 Å². The SMILES string of the molecule is C=C(C(=O)OOC(C)(C)OC(=O)OC(C)(C)OOC(=O)C(=C)C(C)(C)c1ccccc1)C(C)(C)c1ccccc1. The second-order valence-electron chi connectivity index (χ2n) is 11.1. The second-order valence-corrected chi connectivity index (χ2v) is 11.1. The van der Waals surface area contributed by atoms with Crippen LogP contribution in [-0.2, 0) is 49.4 Å². The van der Waals surface area contributed by atoms with E-state index in [4.69, 9.17) is 29.0 Å². The van der Waals surface area contributed by atoms with Gasteiger partial charge in [-0.2, -0.15) is 0 Å². The Morgan fingerprint density at radius 1 is 0.550 bits per heavy atom. The van der Waals surface area contributed by atoms with Crippen molar-refractivity contribution in [3.63, 3.8) is 0 Å². The zero-order valence-electron chi connectivity index (χ0n) is 24.4. The average Bonchev–Trinajstić information content (AvgIpc) is 2.89. The van der Waals surface area contributed by atoms with Crippen molar-refractivity contribution < 1.29 is 43.4 Å². The van der Waals surface area contributed by atoms with Crippen LogP contribution in [0.25, 0.3) is 0 Å². The molecular weight excluding hydrogens is 516 g/mol. The van der Waals surface area contributed by atoms with Crippen molar-refractivity contribution in [2.75, 3.05) is 0 Å². The van der Waals surface area contributed by atoms with Crippen molar-refractivity contribution in [1.29, 1.82) is 0 Å². The summed E-state index contributed by atoms with van der Waals surface area (Å²) in [6.45, 7) is 20.3. The molecule has 0 aromatic heterocycles. The van der Waals surface area contributed by atoms with E-state index in [0.29, 0.717) is 0 Å². The fourth-order valence-electron chi connectivity index (χ4n) is 3.40. The molecule has 0 bridgehead atoms. The van der Waals surface area contributed by atoms with Crippen molar-refractivity contribution in [1.82, 2.24) is 0 Å². The highest BCUT2D eigenvalue weighted by Gasteiger charge is 2.37. The van der Waals surface area contributed by atoms with E-state index >= 15 is 0 Å². The molecule has 0 atom stereocenters. The molecule has 2 aromatic carbocycles. The fraction of sp³-hybridized carbons (Fsp3) is 0.387. The van der Waals surface area contributed by atoms with Crippen LogP contribution in [0.3, 0.4) is 0 Å². The zero-order chi connectivity index (χ0) is 30.4. The fourth-order valence-corrected chi connectivity index (χ4v) is 3.40. The van der Waals surface area contributed by atoms with Gasteiger partial charge in [-0.15, -0.1) is 9.78 Å². The molecule has 40 heavy (non-hydrogen) atoms. The molecule has 0 saturated carbocycles. The van der Waals surface area contributed by atoms with E-state index in [1.165, 1.54) is 27.7 Å². The van der Waals surface area contributed by atoms with Crippen molar-refractivity contribution in [2.24, 2.45) is 0 Å². The smallest absolute Gasteiger partial charge is 0.398 e. The summed E-state index contributed by atoms with van der Waals surface area (Å²) in [5, 5.41) is 0. The van der Waals surface area contributed by atoms with Gasteiger partial charge in [0.1, 0.15) is 0 Å². The molecule has 9 heteroatoms. The highest BCUT2D eigenvalue weighted by Crippen LogP contribution is 2.32. The molecule has 0 spiro atoms. The van der Waals surface area contributed by atoms with Gasteiger partial charge in [-0.3, -0.25) is 9.78 Å². The standard InChI is InChI=1S/C31H38O9/c1-21(28(3,4)23-17-13-11-14-18-23)25(32)37-39-30(7,8)35-27(34)36-31(9,10)40-38-26(33)22(2)29(5,6)24-19-15-12-16-20-24/h11-20H,1-2H2,3-10H3. The summed E-state index contributed by atoms with van der Waals surface area (Å²) < 4.78 is 10.2. The van der Waals surface area contributed by atoms with E-state index < -0.39 is 40.5 Å². The van der Waals surface area contributed by atoms with Crippen LogP contribution in [0.2, 0.25) is 0 Å². The molecule has 0 amide bonds. The second kappa shape index (κ2) is 12.5. The molecule has 0 radical (unpaired) electrons. The molecule has 0 fully saturated rings. The first-order valence-corrected chi connectivity index (χ1v) is 12.6. The van der Waals surface area contributed by atoms with E-state index in [9.17, 15) is 14.4 Å². The van der Waals surface area contributed by atoms with Crippen molar-refractivity contribution in [3.8, 4) is 0 Å². The van der Waals surface area contributed by atoms with Crippen LogP contribution in [-0.4, -0.2) is 29.7 Å². The van der Waals surface area contributed by atoms with E-state index in [0.717, 1.165) is 11.1 Å². The number of carbonyl (C=O) groups excluding carboxylic acids is 3. The van der Waals surface area contributed by atoms with Gasteiger partial charge >= 0.3 is 18.1 Å². The minimum atomic E-state index is -1.75. The van der Waals surface area contributed by atoms with Crippen molar-refractivity contribution in [2.45, 2.75) is 77.8 Å². The summed E-state index contributed by atoms with van der Waals surface area (Å²) >= 11 is 0. The van der Waals surface area contributed by atoms with Crippen molar-refractivity contribution in [3.05, 3.63) is 96.1 Å². The Morgan fingerprint density at radius 3 is 1.15 bits per heavy atom. The Labute approximate surface area is 235 Å². The molecule has 2 rings (SSSR count). The quantitative estimate of drug-likeness (QED) is 0.0939. The molecule has 2 aromatic rings. The Balaban J connectivity index is 1.88. The average molecular weight is 555 g/mol. The minimum absolute atomic E-state index is 0.130. The molecule has 0 aliphatic heterocycles. The van der Waals surface area contributed by atoms with E-state index in [2.05, 4.69) is 13.2 Å². The number of hydrogen-bond donors (Lipinski definition) is 0. The Morgan fingerprint density at radius 2 is 0.850 bits per heavy atom. The van der Waals surface area contributed by atoms with E-state index in [1.807, 2.05) is 88.4 Å². The van der Waals surface area contributed by atoms with Crippen LogP contribution < -0.4 is 0 Å². The first-order chi connectivity index (χ1) is 18.4. The third-order valence-corrected chi connectivity index (χ3v) is 6.29. The molecule has 0 heterocycles. The van der Waals surface area contributed by atoms with Gasteiger partial charge in [0, 0.05) is 49.7 Å². The normalized spacial score (nSPS) is 12.2. The molecule has 0 saturated heterocycles. The molecular formula is C31H38O9.